The highest BCUT2D eigenvalue weighted by atomic mass is 35.5. The van der Waals surface area contributed by atoms with E-state index in [-0.39, 0.29) is 47.6 Å². The van der Waals surface area contributed by atoms with E-state index in [0.717, 1.165) is 31.7 Å². The van der Waals surface area contributed by atoms with Crippen LogP contribution >= 0.6 is 12.4 Å². The van der Waals surface area contributed by atoms with E-state index in [9.17, 15) is 18.0 Å². The fraction of sp³-hybridized carbons (Fsp3) is 0.529. The van der Waals surface area contributed by atoms with E-state index < -0.39 is 17.5 Å². The average molecular weight is 407 g/mol. The van der Waals surface area contributed by atoms with Crippen molar-refractivity contribution in [3.8, 4) is 11.5 Å². The second-order valence-corrected chi connectivity index (χ2v) is 6.78. The summed E-state index contributed by atoms with van der Waals surface area (Å²) >= 11 is 0. The van der Waals surface area contributed by atoms with E-state index in [0.29, 0.717) is 0 Å². The lowest BCUT2D eigenvalue weighted by Gasteiger charge is -2.32. The molecule has 0 amide bonds. The molecule has 1 saturated carbocycles. The molecule has 0 bridgehead atoms. The molecular formula is C17H22ClF3N4O2. The van der Waals surface area contributed by atoms with Gasteiger partial charge in [-0.25, -0.2) is 9.89 Å². The fourth-order valence-electron chi connectivity index (χ4n) is 3.41. The van der Waals surface area contributed by atoms with Gasteiger partial charge in [0.25, 0.3) is 0 Å². The van der Waals surface area contributed by atoms with Gasteiger partial charge in [-0.3, -0.25) is 0 Å². The van der Waals surface area contributed by atoms with Gasteiger partial charge in [-0.2, -0.15) is 13.2 Å². The Morgan fingerprint density at radius 2 is 1.96 bits per heavy atom. The summed E-state index contributed by atoms with van der Waals surface area (Å²) in [6.07, 6.45) is -0.986. The van der Waals surface area contributed by atoms with Crippen molar-refractivity contribution in [1.82, 2.24) is 10.2 Å². The number of aromatic nitrogens is 2. The number of halogens is 4. The molecule has 1 aliphatic rings. The number of hydrogen-bond acceptors (Lipinski definition) is 5. The van der Waals surface area contributed by atoms with Crippen molar-refractivity contribution in [1.29, 1.82) is 0 Å². The van der Waals surface area contributed by atoms with Gasteiger partial charge in [0.15, 0.2) is 0 Å². The van der Waals surface area contributed by atoms with Crippen molar-refractivity contribution < 1.29 is 17.6 Å². The lowest BCUT2D eigenvalue weighted by molar-refractivity contribution is -0.137. The summed E-state index contributed by atoms with van der Waals surface area (Å²) in [7, 11) is 0. The van der Waals surface area contributed by atoms with Gasteiger partial charge in [-0.05, 0) is 56.7 Å². The molecule has 1 heterocycles. The molecule has 1 aromatic carbocycles. The highest BCUT2D eigenvalue weighted by molar-refractivity contribution is 5.85. The predicted molar refractivity (Wildman–Crippen MR) is 97.8 cm³/mol. The zero-order chi connectivity index (χ0) is 18.9. The Hall–Kier alpha value is -2.00. The standard InChI is InChI=1S/C17H21F3N4O2.ClH/c1-9(10-2-5-12(21)6-3-10)22-14-8-11(15-23-24-16(25)26-15)4-7-13(14)17(18,19)20;/h4,7-10,12,22H,2-3,5-6,21H2,1H3,(H,24,25);1H/t9-,10?,12?;/m0./s1. The van der Waals surface area contributed by atoms with E-state index in [1.54, 1.807) is 0 Å². The lowest BCUT2D eigenvalue weighted by atomic mass is 9.82. The minimum atomic E-state index is -4.50. The van der Waals surface area contributed by atoms with Crippen LogP contribution in [0.15, 0.2) is 27.4 Å². The van der Waals surface area contributed by atoms with Gasteiger partial charge in [0.1, 0.15) is 0 Å². The summed E-state index contributed by atoms with van der Waals surface area (Å²) in [5.41, 5.74) is 5.37. The van der Waals surface area contributed by atoms with E-state index >= 15 is 0 Å². The highest BCUT2D eigenvalue weighted by Gasteiger charge is 2.35. The summed E-state index contributed by atoms with van der Waals surface area (Å²) in [5.74, 6) is -0.563. The third kappa shape index (κ3) is 5.04. The predicted octanol–water partition coefficient (Wildman–Crippen LogP) is 3.79. The fourth-order valence-corrected chi connectivity index (χ4v) is 3.41. The van der Waals surface area contributed by atoms with Crippen LogP contribution in [0, 0.1) is 5.92 Å². The topological polar surface area (TPSA) is 96.9 Å². The highest BCUT2D eigenvalue weighted by Crippen LogP contribution is 2.38. The van der Waals surface area contributed by atoms with Gasteiger partial charge in [0, 0.05) is 23.3 Å². The monoisotopic (exact) mass is 406 g/mol. The Bertz CT molecular complexity index is 813. The molecule has 3 rings (SSSR count). The molecule has 27 heavy (non-hydrogen) atoms. The van der Waals surface area contributed by atoms with E-state index in [2.05, 4.69) is 15.5 Å². The molecule has 0 radical (unpaired) electrons. The van der Waals surface area contributed by atoms with E-state index in [4.69, 9.17) is 10.2 Å². The molecule has 0 saturated heterocycles. The van der Waals surface area contributed by atoms with Crippen molar-refractivity contribution in [2.75, 3.05) is 5.32 Å². The molecular weight excluding hydrogens is 385 g/mol. The Morgan fingerprint density at radius 1 is 1.30 bits per heavy atom. The number of hydrogen-bond donors (Lipinski definition) is 3. The van der Waals surface area contributed by atoms with Crippen LogP contribution < -0.4 is 16.8 Å². The maximum atomic E-state index is 13.4. The molecule has 0 spiro atoms. The van der Waals surface area contributed by atoms with Crippen LogP contribution in [-0.4, -0.2) is 22.3 Å². The Kier molecular flexibility index (Phi) is 6.59. The molecule has 0 aliphatic heterocycles. The second kappa shape index (κ2) is 8.35. The van der Waals surface area contributed by atoms with Crippen LogP contribution in [0.1, 0.15) is 38.2 Å². The van der Waals surface area contributed by atoms with Crippen molar-refractivity contribution >= 4 is 18.1 Å². The minimum absolute atomic E-state index is 0. The number of H-pyrrole nitrogens is 1. The Balaban J connectivity index is 0.00000261. The molecule has 150 valence electrons. The molecule has 6 nitrogen and oxygen atoms in total. The zero-order valence-electron chi connectivity index (χ0n) is 14.7. The Morgan fingerprint density at radius 3 is 2.52 bits per heavy atom. The summed E-state index contributed by atoms with van der Waals surface area (Å²) in [4.78, 5) is 11.1. The van der Waals surface area contributed by atoms with Crippen LogP contribution in [0.4, 0.5) is 18.9 Å². The van der Waals surface area contributed by atoms with Gasteiger partial charge in [0.05, 0.1) is 5.56 Å². The SMILES string of the molecule is C[C@H](Nc1cc(-c2n[nH]c(=O)o2)ccc1C(F)(F)F)C1CCC(N)CC1.Cl. The normalized spacial score (nSPS) is 21.4. The summed E-state index contributed by atoms with van der Waals surface area (Å²) in [6, 6.07) is 3.54. The largest absolute Gasteiger partial charge is 0.434 e. The number of aromatic amines is 1. The van der Waals surface area contributed by atoms with Crippen LogP contribution in [0.5, 0.6) is 0 Å². The molecule has 1 aromatic heterocycles. The molecule has 2 aromatic rings. The third-order valence-corrected chi connectivity index (χ3v) is 4.92. The molecule has 1 atom stereocenters. The third-order valence-electron chi connectivity index (χ3n) is 4.92. The molecule has 1 fully saturated rings. The van der Waals surface area contributed by atoms with E-state index in [1.807, 2.05) is 6.92 Å². The summed E-state index contributed by atoms with van der Waals surface area (Å²) in [6.45, 7) is 1.88. The number of nitrogens with zero attached hydrogens (tertiary/aromatic N) is 1. The molecule has 10 heteroatoms. The maximum absolute atomic E-state index is 13.4. The van der Waals surface area contributed by atoms with Crippen molar-refractivity contribution in [3.63, 3.8) is 0 Å². The minimum Gasteiger partial charge on any atom is -0.388 e. The summed E-state index contributed by atoms with van der Waals surface area (Å²) in [5, 5.41) is 8.77. The summed E-state index contributed by atoms with van der Waals surface area (Å²) < 4.78 is 45.0. The van der Waals surface area contributed by atoms with Gasteiger partial charge in [-0.15, -0.1) is 17.5 Å². The zero-order valence-corrected chi connectivity index (χ0v) is 15.5. The van der Waals surface area contributed by atoms with Crippen molar-refractivity contribution in [3.05, 3.63) is 34.3 Å². The first-order valence-corrected chi connectivity index (χ1v) is 8.53. The van der Waals surface area contributed by atoms with Gasteiger partial charge < -0.3 is 15.5 Å². The number of benzene rings is 1. The maximum Gasteiger partial charge on any atom is 0.434 e. The smallest absolute Gasteiger partial charge is 0.388 e. The first-order valence-electron chi connectivity index (χ1n) is 8.53. The van der Waals surface area contributed by atoms with Crippen LogP contribution in [0.2, 0.25) is 0 Å². The quantitative estimate of drug-likeness (QED) is 0.717. The number of anilines is 1. The van der Waals surface area contributed by atoms with Crippen LogP contribution in [0.25, 0.3) is 11.5 Å². The van der Waals surface area contributed by atoms with Gasteiger partial charge >= 0.3 is 11.9 Å². The first-order chi connectivity index (χ1) is 12.2. The number of nitrogens with two attached hydrogens (primary N) is 1. The number of nitrogens with one attached hydrogen (secondary N) is 2. The van der Waals surface area contributed by atoms with Gasteiger partial charge in [0.2, 0.25) is 5.89 Å². The van der Waals surface area contributed by atoms with Crippen molar-refractivity contribution in [2.45, 2.75) is 50.9 Å². The van der Waals surface area contributed by atoms with Crippen molar-refractivity contribution in [2.24, 2.45) is 11.7 Å². The lowest BCUT2D eigenvalue weighted by Crippen LogP contribution is -2.34. The van der Waals surface area contributed by atoms with Gasteiger partial charge in [-0.1, -0.05) is 0 Å². The average Bonchev–Trinajstić information content (AvgIpc) is 3.01. The molecule has 0 unspecified atom stereocenters. The molecule has 1 aliphatic carbocycles. The van der Waals surface area contributed by atoms with Crippen LogP contribution in [0.3, 0.4) is 0 Å². The second-order valence-electron chi connectivity index (χ2n) is 6.78. The van der Waals surface area contributed by atoms with E-state index in [1.165, 1.54) is 12.1 Å². The van der Waals surface area contributed by atoms with Crippen LogP contribution in [-0.2, 0) is 6.18 Å². The Labute approximate surface area is 160 Å². The molecule has 4 N–H and O–H groups in total. The number of rotatable bonds is 4. The first kappa shape index (κ1) is 21.3. The number of alkyl halides is 3.